The fraction of sp³-hybridized carbons (Fsp3) is 0.588. The molecule has 0 bridgehead atoms. The van der Waals surface area contributed by atoms with Crippen molar-refractivity contribution in [2.75, 3.05) is 6.54 Å². The number of amides is 1. The summed E-state index contributed by atoms with van der Waals surface area (Å²) in [4.78, 5) is 12.0. The first-order chi connectivity index (χ1) is 10.5. The van der Waals surface area contributed by atoms with Gasteiger partial charge in [0.2, 0.25) is 0 Å². The highest BCUT2D eigenvalue weighted by Crippen LogP contribution is 2.36. The van der Waals surface area contributed by atoms with Crippen LogP contribution in [-0.2, 0) is 9.31 Å². The molecule has 1 aliphatic rings. The normalized spacial score (nSPS) is 19.2. The van der Waals surface area contributed by atoms with Gasteiger partial charge in [0.1, 0.15) is 5.82 Å². The van der Waals surface area contributed by atoms with E-state index in [0.29, 0.717) is 23.5 Å². The first-order valence-electron chi connectivity index (χ1n) is 7.97. The van der Waals surface area contributed by atoms with E-state index < -0.39 is 24.1 Å². The predicted molar refractivity (Wildman–Crippen MR) is 89.3 cm³/mol. The molecule has 23 heavy (non-hydrogen) atoms. The maximum absolute atomic E-state index is 14.4. The molecule has 6 heteroatoms. The molecule has 1 aromatic rings. The molecule has 1 saturated heterocycles. The van der Waals surface area contributed by atoms with Crippen LogP contribution >= 0.6 is 0 Å². The van der Waals surface area contributed by atoms with Crippen LogP contribution in [0.1, 0.15) is 51.9 Å². The second-order valence-corrected chi connectivity index (χ2v) is 7.43. The average Bonchev–Trinajstić information content (AvgIpc) is 2.64. The van der Waals surface area contributed by atoms with Crippen LogP contribution in [0.5, 0.6) is 0 Å². The van der Waals surface area contributed by atoms with Gasteiger partial charge in [0.05, 0.1) is 11.2 Å². The number of hydrogen-bond donors (Lipinski definition) is 1. The minimum Gasteiger partial charge on any atom is -0.399 e. The van der Waals surface area contributed by atoms with E-state index in [4.69, 9.17) is 9.31 Å². The Morgan fingerprint density at radius 2 is 1.78 bits per heavy atom. The Morgan fingerprint density at radius 1 is 1.22 bits per heavy atom. The van der Waals surface area contributed by atoms with E-state index in [1.807, 2.05) is 41.5 Å². The Bertz CT molecular complexity index is 586. The lowest BCUT2D eigenvalue weighted by Gasteiger charge is -2.32. The lowest BCUT2D eigenvalue weighted by atomic mass is 9.78. The second-order valence-electron chi connectivity index (χ2n) is 7.43. The number of nitrogens with one attached hydrogen (secondary N) is 1. The van der Waals surface area contributed by atoms with Crippen LogP contribution in [0.3, 0.4) is 0 Å². The lowest BCUT2D eigenvalue weighted by Crippen LogP contribution is -2.41. The number of halogens is 1. The van der Waals surface area contributed by atoms with Gasteiger partial charge in [-0.1, -0.05) is 19.9 Å². The summed E-state index contributed by atoms with van der Waals surface area (Å²) in [5, 5.41) is 2.77. The Kier molecular flexibility index (Phi) is 4.88. The van der Waals surface area contributed by atoms with Gasteiger partial charge in [0.25, 0.3) is 5.91 Å². The summed E-state index contributed by atoms with van der Waals surface area (Å²) in [5.41, 5.74) is -0.457. The third-order valence-electron chi connectivity index (χ3n) is 4.44. The standard InChI is InChI=1S/C17H25BFNO3/c1-11(2)10-20-15(21)12-7-8-13(14(19)9-12)18-22-16(3,4)17(5,6)23-18/h7-9,11H,10H2,1-6H3,(H,20,21). The monoisotopic (exact) mass is 321 g/mol. The van der Waals surface area contributed by atoms with E-state index in [-0.39, 0.29) is 5.91 Å². The summed E-state index contributed by atoms with van der Waals surface area (Å²) in [6, 6.07) is 4.39. The number of hydrogen-bond acceptors (Lipinski definition) is 3. The highest BCUT2D eigenvalue weighted by Gasteiger charge is 2.52. The SMILES string of the molecule is CC(C)CNC(=O)c1ccc(B2OC(C)(C)C(C)(C)O2)c(F)c1. The minimum atomic E-state index is -0.771. The zero-order chi connectivity index (χ0) is 17.4. The molecule has 1 amide bonds. The zero-order valence-corrected chi connectivity index (χ0v) is 14.7. The minimum absolute atomic E-state index is 0.280. The molecule has 0 aliphatic carbocycles. The van der Waals surface area contributed by atoms with Crippen molar-refractivity contribution in [2.24, 2.45) is 5.92 Å². The number of rotatable bonds is 4. The molecular weight excluding hydrogens is 296 g/mol. The van der Waals surface area contributed by atoms with Gasteiger partial charge in [-0.05, 0) is 45.7 Å². The van der Waals surface area contributed by atoms with Gasteiger partial charge in [0, 0.05) is 17.6 Å². The molecule has 0 saturated carbocycles. The maximum Gasteiger partial charge on any atom is 0.497 e. The van der Waals surface area contributed by atoms with Crippen LogP contribution in [0.15, 0.2) is 18.2 Å². The van der Waals surface area contributed by atoms with Crippen LogP contribution in [0.4, 0.5) is 4.39 Å². The van der Waals surface area contributed by atoms with E-state index in [0.717, 1.165) is 0 Å². The molecule has 1 N–H and O–H groups in total. The first-order valence-corrected chi connectivity index (χ1v) is 7.97. The summed E-state index contributed by atoms with van der Waals surface area (Å²) in [6.07, 6.45) is 0. The molecular formula is C17H25BFNO3. The molecule has 1 aromatic carbocycles. The van der Waals surface area contributed by atoms with Crippen molar-refractivity contribution in [2.45, 2.75) is 52.7 Å². The number of carbonyl (C=O) groups is 1. The molecule has 1 heterocycles. The predicted octanol–water partition coefficient (Wildman–Crippen LogP) is 2.51. The van der Waals surface area contributed by atoms with E-state index in [9.17, 15) is 9.18 Å². The Labute approximate surface area is 137 Å². The maximum atomic E-state index is 14.4. The van der Waals surface area contributed by atoms with Gasteiger partial charge in [-0.3, -0.25) is 4.79 Å². The molecule has 0 spiro atoms. The van der Waals surface area contributed by atoms with E-state index >= 15 is 0 Å². The Hall–Kier alpha value is -1.40. The van der Waals surface area contributed by atoms with Crippen molar-refractivity contribution in [1.29, 1.82) is 0 Å². The molecule has 4 nitrogen and oxygen atoms in total. The molecule has 1 fully saturated rings. The molecule has 1 aliphatic heterocycles. The lowest BCUT2D eigenvalue weighted by molar-refractivity contribution is 0.00578. The smallest absolute Gasteiger partial charge is 0.399 e. The number of carbonyl (C=O) groups excluding carboxylic acids is 1. The van der Waals surface area contributed by atoms with Crippen LogP contribution < -0.4 is 10.8 Å². The van der Waals surface area contributed by atoms with Gasteiger partial charge in [-0.15, -0.1) is 0 Å². The largest absolute Gasteiger partial charge is 0.497 e. The highest BCUT2D eigenvalue weighted by molar-refractivity contribution is 6.62. The van der Waals surface area contributed by atoms with Crippen LogP contribution in [-0.4, -0.2) is 30.8 Å². The van der Waals surface area contributed by atoms with Crippen LogP contribution in [0.25, 0.3) is 0 Å². The van der Waals surface area contributed by atoms with Gasteiger partial charge in [-0.2, -0.15) is 0 Å². The second kappa shape index (κ2) is 6.25. The topological polar surface area (TPSA) is 47.6 Å². The van der Waals surface area contributed by atoms with Gasteiger partial charge in [-0.25, -0.2) is 4.39 Å². The third-order valence-corrected chi connectivity index (χ3v) is 4.44. The Balaban J connectivity index is 2.16. The molecule has 0 aromatic heterocycles. The van der Waals surface area contributed by atoms with E-state index in [1.54, 1.807) is 12.1 Å². The van der Waals surface area contributed by atoms with Crippen molar-refractivity contribution in [3.05, 3.63) is 29.6 Å². The summed E-state index contributed by atoms with van der Waals surface area (Å²) in [5.74, 6) is -0.438. The summed E-state index contributed by atoms with van der Waals surface area (Å²) in [7, 11) is -0.771. The van der Waals surface area contributed by atoms with Crippen LogP contribution in [0, 0.1) is 11.7 Å². The molecule has 0 atom stereocenters. The zero-order valence-electron chi connectivity index (χ0n) is 14.7. The summed E-state index contributed by atoms with van der Waals surface area (Å²) in [6.45, 7) is 12.2. The van der Waals surface area contributed by atoms with Gasteiger partial charge in [0.15, 0.2) is 0 Å². The summed E-state index contributed by atoms with van der Waals surface area (Å²) < 4.78 is 26.1. The fourth-order valence-corrected chi connectivity index (χ4v) is 2.23. The van der Waals surface area contributed by atoms with Gasteiger partial charge < -0.3 is 14.6 Å². The molecule has 0 unspecified atom stereocenters. The van der Waals surface area contributed by atoms with Crippen molar-refractivity contribution in [3.63, 3.8) is 0 Å². The quantitative estimate of drug-likeness (QED) is 0.867. The van der Waals surface area contributed by atoms with E-state index in [2.05, 4.69) is 5.32 Å². The fourth-order valence-electron chi connectivity index (χ4n) is 2.23. The van der Waals surface area contributed by atoms with E-state index in [1.165, 1.54) is 6.07 Å². The van der Waals surface area contributed by atoms with Crippen molar-refractivity contribution in [3.8, 4) is 0 Å². The number of benzene rings is 1. The molecule has 0 radical (unpaired) electrons. The first kappa shape index (κ1) is 18.0. The average molecular weight is 321 g/mol. The molecule has 2 rings (SSSR count). The van der Waals surface area contributed by atoms with Crippen molar-refractivity contribution >= 4 is 18.5 Å². The third kappa shape index (κ3) is 3.75. The van der Waals surface area contributed by atoms with Crippen LogP contribution in [0.2, 0.25) is 0 Å². The van der Waals surface area contributed by atoms with Gasteiger partial charge >= 0.3 is 7.12 Å². The Morgan fingerprint density at radius 3 is 2.26 bits per heavy atom. The van der Waals surface area contributed by atoms with Crippen molar-refractivity contribution in [1.82, 2.24) is 5.32 Å². The molecule has 126 valence electrons. The highest BCUT2D eigenvalue weighted by atomic mass is 19.1. The van der Waals surface area contributed by atoms with Crippen molar-refractivity contribution < 1.29 is 18.5 Å². The summed E-state index contributed by atoms with van der Waals surface area (Å²) >= 11 is 0.